The number of halogens is 1. The van der Waals surface area contributed by atoms with E-state index < -0.39 is 0 Å². The molecule has 120 valence electrons. The average molecular weight is 374 g/mol. The molecule has 4 nitrogen and oxygen atoms in total. The number of nitrogens with zero attached hydrogens (tertiary/aromatic N) is 3. The Balaban J connectivity index is 1.66. The molecule has 5 heteroatoms. The molecule has 0 bridgehead atoms. The molecule has 1 fully saturated rings. The quantitative estimate of drug-likeness (QED) is 0.808. The van der Waals surface area contributed by atoms with E-state index in [1.165, 1.54) is 11.1 Å². The van der Waals surface area contributed by atoms with E-state index in [2.05, 4.69) is 45.7 Å². The lowest BCUT2D eigenvalue weighted by atomic mass is 10.1. The lowest BCUT2D eigenvalue weighted by Gasteiger charge is -2.36. The summed E-state index contributed by atoms with van der Waals surface area (Å²) in [5, 5.41) is 0. The molecule has 1 aromatic carbocycles. The fourth-order valence-corrected chi connectivity index (χ4v) is 3.20. The lowest BCUT2D eigenvalue weighted by Crippen LogP contribution is -2.49. The Labute approximate surface area is 145 Å². The highest BCUT2D eigenvalue weighted by molar-refractivity contribution is 9.10. The Morgan fingerprint density at radius 2 is 1.74 bits per heavy atom. The van der Waals surface area contributed by atoms with Crippen LogP contribution in [0, 0.1) is 13.8 Å². The van der Waals surface area contributed by atoms with Crippen molar-refractivity contribution in [3.63, 3.8) is 0 Å². The summed E-state index contributed by atoms with van der Waals surface area (Å²) in [6, 6.07) is 9.70. The first kappa shape index (κ1) is 16.0. The van der Waals surface area contributed by atoms with E-state index in [-0.39, 0.29) is 5.91 Å². The zero-order valence-electron chi connectivity index (χ0n) is 13.4. The van der Waals surface area contributed by atoms with Gasteiger partial charge < -0.3 is 9.80 Å². The summed E-state index contributed by atoms with van der Waals surface area (Å²) < 4.78 is 0.986. The van der Waals surface area contributed by atoms with Gasteiger partial charge in [0.15, 0.2) is 0 Å². The number of rotatable bonds is 2. The summed E-state index contributed by atoms with van der Waals surface area (Å²) >= 11 is 3.40. The molecule has 1 amide bonds. The summed E-state index contributed by atoms with van der Waals surface area (Å²) in [5.41, 5.74) is 3.11. The smallest absolute Gasteiger partial charge is 0.253 e. The molecule has 1 aliphatic rings. The van der Waals surface area contributed by atoms with E-state index in [9.17, 15) is 4.79 Å². The predicted octanol–water partition coefficient (Wildman–Crippen LogP) is 3.42. The molecule has 2 heterocycles. The Hall–Kier alpha value is -1.88. The van der Waals surface area contributed by atoms with Crippen LogP contribution in [-0.2, 0) is 0 Å². The summed E-state index contributed by atoms with van der Waals surface area (Å²) in [6.07, 6.45) is 1.90. The van der Waals surface area contributed by atoms with Crippen molar-refractivity contribution in [2.24, 2.45) is 0 Å². The number of carbonyl (C=O) groups excluding carboxylic acids is 1. The number of hydrogen-bond donors (Lipinski definition) is 0. The summed E-state index contributed by atoms with van der Waals surface area (Å²) in [6.45, 7) is 7.24. The van der Waals surface area contributed by atoms with E-state index >= 15 is 0 Å². The van der Waals surface area contributed by atoms with Crippen LogP contribution in [0.1, 0.15) is 21.5 Å². The molecule has 2 aromatic rings. The van der Waals surface area contributed by atoms with E-state index in [4.69, 9.17) is 0 Å². The number of aromatic nitrogens is 1. The van der Waals surface area contributed by atoms with Gasteiger partial charge in [0.05, 0.1) is 0 Å². The molecule has 1 aliphatic heterocycles. The van der Waals surface area contributed by atoms with E-state index in [0.29, 0.717) is 0 Å². The first-order valence-electron chi connectivity index (χ1n) is 7.77. The molecule has 1 saturated heterocycles. The van der Waals surface area contributed by atoms with Crippen molar-refractivity contribution >= 4 is 27.7 Å². The monoisotopic (exact) mass is 373 g/mol. The van der Waals surface area contributed by atoms with Gasteiger partial charge in [-0.3, -0.25) is 4.79 Å². The summed E-state index contributed by atoms with van der Waals surface area (Å²) in [5.74, 6) is 1.14. The van der Waals surface area contributed by atoms with Crippen LogP contribution in [-0.4, -0.2) is 42.0 Å². The maximum absolute atomic E-state index is 12.5. The zero-order chi connectivity index (χ0) is 16.4. The minimum atomic E-state index is 0.103. The van der Waals surface area contributed by atoms with Gasteiger partial charge in [-0.05, 0) is 49.2 Å². The normalized spacial score (nSPS) is 14.9. The number of anilines is 1. The van der Waals surface area contributed by atoms with Crippen molar-refractivity contribution < 1.29 is 4.79 Å². The summed E-state index contributed by atoms with van der Waals surface area (Å²) in [4.78, 5) is 21.3. The fourth-order valence-electron chi connectivity index (χ4n) is 2.94. The van der Waals surface area contributed by atoms with Crippen LogP contribution in [0.25, 0.3) is 0 Å². The van der Waals surface area contributed by atoms with Gasteiger partial charge in [0.2, 0.25) is 0 Å². The molecule has 0 unspecified atom stereocenters. The van der Waals surface area contributed by atoms with E-state index in [1.54, 1.807) is 0 Å². The largest absolute Gasteiger partial charge is 0.353 e. The number of pyridine rings is 1. The van der Waals surface area contributed by atoms with Crippen LogP contribution >= 0.6 is 15.9 Å². The van der Waals surface area contributed by atoms with Crippen molar-refractivity contribution in [1.82, 2.24) is 9.88 Å². The molecule has 0 N–H and O–H groups in total. The Morgan fingerprint density at radius 3 is 2.35 bits per heavy atom. The standard InChI is InChI=1S/C18H20BrN3O/c1-13-11-14(2)17(20-12-13)21-7-9-22(10-8-21)18(23)15-3-5-16(19)6-4-15/h3-6,11-12H,7-10H2,1-2H3. The van der Waals surface area contributed by atoms with Crippen LogP contribution in [0.5, 0.6) is 0 Å². The molecule has 23 heavy (non-hydrogen) atoms. The number of hydrogen-bond acceptors (Lipinski definition) is 3. The predicted molar refractivity (Wildman–Crippen MR) is 96.0 cm³/mol. The van der Waals surface area contributed by atoms with Gasteiger partial charge in [-0.15, -0.1) is 0 Å². The van der Waals surface area contributed by atoms with Crippen LogP contribution in [0.3, 0.4) is 0 Å². The van der Waals surface area contributed by atoms with Crippen LogP contribution in [0.2, 0.25) is 0 Å². The van der Waals surface area contributed by atoms with Gasteiger partial charge >= 0.3 is 0 Å². The van der Waals surface area contributed by atoms with Crippen LogP contribution < -0.4 is 4.90 Å². The molecule has 0 atom stereocenters. The highest BCUT2D eigenvalue weighted by atomic mass is 79.9. The Morgan fingerprint density at radius 1 is 1.09 bits per heavy atom. The Kier molecular flexibility index (Phi) is 4.66. The minimum absolute atomic E-state index is 0.103. The van der Waals surface area contributed by atoms with Crippen molar-refractivity contribution in [2.75, 3.05) is 31.1 Å². The van der Waals surface area contributed by atoms with Crippen molar-refractivity contribution in [3.05, 3.63) is 57.7 Å². The second-order valence-corrected chi connectivity index (χ2v) is 6.85. The van der Waals surface area contributed by atoms with Gasteiger partial charge in [-0.25, -0.2) is 4.98 Å². The van der Waals surface area contributed by atoms with E-state index in [1.807, 2.05) is 35.4 Å². The minimum Gasteiger partial charge on any atom is -0.353 e. The Bertz CT molecular complexity index is 707. The van der Waals surface area contributed by atoms with Gasteiger partial charge in [-0.2, -0.15) is 0 Å². The topological polar surface area (TPSA) is 36.4 Å². The highest BCUT2D eigenvalue weighted by Crippen LogP contribution is 2.20. The van der Waals surface area contributed by atoms with Crippen molar-refractivity contribution in [1.29, 1.82) is 0 Å². The SMILES string of the molecule is Cc1cnc(N2CCN(C(=O)c3ccc(Br)cc3)CC2)c(C)c1. The first-order chi connectivity index (χ1) is 11.0. The second-order valence-electron chi connectivity index (χ2n) is 5.94. The molecule has 0 aliphatic carbocycles. The molecule has 0 spiro atoms. The van der Waals surface area contributed by atoms with E-state index in [0.717, 1.165) is 42.0 Å². The van der Waals surface area contributed by atoms with Gasteiger partial charge in [-0.1, -0.05) is 22.0 Å². The van der Waals surface area contributed by atoms with Crippen LogP contribution in [0.15, 0.2) is 41.0 Å². The zero-order valence-corrected chi connectivity index (χ0v) is 15.0. The molecule has 0 radical (unpaired) electrons. The van der Waals surface area contributed by atoms with Crippen molar-refractivity contribution in [3.8, 4) is 0 Å². The average Bonchev–Trinajstić information content (AvgIpc) is 2.55. The second kappa shape index (κ2) is 6.71. The molecular weight excluding hydrogens is 354 g/mol. The maximum Gasteiger partial charge on any atom is 0.253 e. The number of amides is 1. The highest BCUT2D eigenvalue weighted by Gasteiger charge is 2.23. The third-order valence-electron chi connectivity index (χ3n) is 4.14. The number of carbonyl (C=O) groups is 1. The number of benzene rings is 1. The van der Waals surface area contributed by atoms with Gasteiger partial charge in [0.25, 0.3) is 5.91 Å². The van der Waals surface area contributed by atoms with Gasteiger partial charge in [0.1, 0.15) is 5.82 Å². The fraction of sp³-hybridized carbons (Fsp3) is 0.333. The molecule has 0 saturated carbocycles. The number of aryl methyl sites for hydroxylation is 2. The lowest BCUT2D eigenvalue weighted by molar-refractivity contribution is 0.0746. The third kappa shape index (κ3) is 3.55. The van der Waals surface area contributed by atoms with Gasteiger partial charge in [0, 0.05) is 42.4 Å². The van der Waals surface area contributed by atoms with Crippen LogP contribution in [0.4, 0.5) is 5.82 Å². The molecular formula is C18H20BrN3O. The maximum atomic E-state index is 12.5. The molecule has 1 aromatic heterocycles. The first-order valence-corrected chi connectivity index (χ1v) is 8.57. The van der Waals surface area contributed by atoms with Crippen molar-refractivity contribution in [2.45, 2.75) is 13.8 Å². The molecule has 3 rings (SSSR count). The summed E-state index contributed by atoms with van der Waals surface area (Å²) in [7, 11) is 0. The third-order valence-corrected chi connectivity index (χ3v) is 4.67. The number of piperazine rings is 1.